The van der Waals surface area contributed by atoms with E-state index in [1.54, 1.807) is 0 Å². The molecular weight excluding hydrogens is 344 g/mol. The number of hydrogen-bond acceptors (Lipinski definition) is 0. The van der Waals surface area contributed by atoms with E-state index >= 15 is 0 Å². The Labute approximate surface area is 77.5 Å². The Morgan fingerprint density at radius 3 is 2.78 bits per heavy atom. The number of rotatable bonds is 4. The van der Waals surface area contributed by atoms with Gasteiger partial charge in [0, 0.05) is 0 Å². The molecule has 3 heteroatoms. The maximum atomic E-state index is 5.75. The standard InChI is InChI=1S/C6H10Cl.ClH.Hg/c1-2-3-4-5-6-7;;/h3H,4-6H2,1H3;1H;/q;;+1/p-1. The van der Waals surface area contributed by atoms with Gasteiger partial charge >= 0.3 is 78.0 Å². The van der Waals surface area contributed by atoms with E-state index in [0.29, 0.717) is 0 Å². The fraction of sp³-hybridized carbons (Fsp3) is 0.667. The zero-order chi connectivity index (χ0) is 7.11. The van der Waals surface area contributed by atoms with Gasteiger partial charge < -0.3 is 0 Å². The second kappa shape index (κ2) is 7.36. The van der Waals surface area contributed by atoms with Crippen molar-refractivity contribution < 1.29 is 23.3 Å². The first-order valence-corrected chi connectivity index (χ1v) is 13.1. The molecule has 0 saturated heterocycles. The van der Waals surface area contributed by atoms with Crippen LogP contribution in [-0.4, -0.2) is 5.88 Å². The topological polar surface area (TPSA) is 0 Å². The summed E-state index contributed by atoms with van der Waals surface area (Å²) >= 11 is 4.46. The molecule has 0 aliphatic heterocycles. The summed E-state index contributed by atoms with van der Waals surface area (Å²) < 4.78 is 1.46. The molecule has 0 aliphatic rings. The van der Waals surface area contributed by atoms with Crippen LogP contribution in [0.1, 0.15) is 19.8 Å². The van der Waals surface area contributed by atoms with Crippen molar-refractivity contribution in [2.24, 2.45) is 0 Å². The molecule has 0 aliphatic carbocycles. The van der Waals surface area contributed by atoms with Gasteiger partial charge in [0.15, 0.2) is 0 Å². The number of allylic oxidation sites excluding steroid dienone is 2. The van der Waals surface area contributed by atoms with Crippen molar-refractivity contribution in [2.45, 2.75) is 19.8 Å². The molecule has 0 saturated carbocycles. The monoisotopic (exact) mass is 354 g/mol. The van der Waals surface area contributed by atoms with Gasteiger partial charge in [-0.2, -0.15) is 0 Å². The SMILES string of the molecule is C/[C](=C\CCCCl)[Hg][Cl]. The van der Waals surface area contributed by atoms with Gasteiger partial charge in [0.05, 0.1) is 0 Å². The molecule has 9 heavy (non-hydrogen) atoms. The van der Waals surface area contributed by atoms with Crippen LogP contribution in [0.4, 0.5) is 0 Å². The molecule has 0 atom stereocenters. The van der Waals surface area contributed by atoms with E-state index < -0.39 is 23.3 Å². The quantitative estimate of drug-likeness (QED) is 0.414. The van der Waals surface area contributed by atoms with Gasteiger partial charge in [0.1, 0.15) is 0 Å². The first-order valence-electron chi connectivity index (χ1n) is 3.08. The second-order valence-electron chi connectivity index (χ2n) is 2.02. The molecule has 0 fully saturated rings. The summed E-state index contributed by atoms with van der Waals surface area (Å²) in [4.78, 5) is 0. The zero-order valence-electron chi connectivity index (χ0n) is 5.66. The summed E-state index contributed by atoms with van der Waals surface area (Å²) in [6.45, 7) is 2.13. The fourth-order valence-electron chi connectivity index (χ4n) is 0.480. The van der Waals surface area contributed by atoms with Crippen molar-refractivity contribution >= 4 is 19.9 Å². The number of hydrogen-bond donors (Lipinski definition) is 0. The molecule has 0 rings (SSSR count). The van der Waals surface area contributed by atoms with E-state index in [1.165, 1.54) is 3.08 Å². The van der Waals surface area contributed by atoms with Crippen LogP contribution < -0.4 is 0 Å². The van der Waals surface area contributed by atoms with Gasteiger partial charge in [0.25, 0.3) is 0 Å². The van der Waals surface area contributed by atoms with Crippen LogP contribution in [0.15, 0.2) is 9.16 Å². The van der Waals surface area contributed by atoms with E-state index in [2.05, 4.69) is 13.0 Å². The van der Waals surface area contributed by atoms with Gasteiger partial charge in [-0.15, -0.1) is 0 Å². The van der Waals surface area contributed by atoms with Crippen molar-refractivity contribution in [1.82, 2.24) is 0 Å². The van der Waals surface area contributed by atoms with E-state index in [9.17, 15) is 0 Å². The van der Waals surface area contributed by atoms with Crippen LogP contribution in [0, 0.1) is 0 Å². The number of alkyl halides is 1. The van der Waals surface area contributed by atoms with Gasteiger partial charge in [-0.05, 0) is 0 Å². The summed E-state index contributed by atoms with van der Waals surface area (Å²) in [7, 11) is 5.75. The van der Waals surface area contributed by atoms with Crippen LogP contribution in [0.2, 0.25) is 0 Å². The van der Waals surface area contributed by atoms with Crippen molar-refractivity contribution in [3.63, 3.8) is 0 Å². The molecule has 0 spiro atoms. The molecule has 0 amide bonds. The van der Waals surface area contributed by atoms with Gasteiger partial charge in [-0.25, -0.2) is 0 Å². The van der Waals surface area contributed by atoms with Gasteiger partial charge in [0.2, 0.25) is 0 Å². The van der Waals surface area contributed by atoms with Crippen LogP contribution in [0.5, 0.6) is 0 Å². The molecular formula is C6H10Cl2Hg. The summed E-state index contributed by atoms with van der Waals surface area (Å²) in [6.07, 6.45) is 4.43. The molecule has 50 valence electrons. The summed E-state index contributed by atoms with van der Waals surface area (Å²) in [5, 5.41) is 0. The number of halogens is 2. The third kappa shape index (κ3) is 7.15. The molecule has 0 N–H and O–H groups in total. The first kappa shape index (κ1) is 10.3. The van der Waals surface area contributed by atoms with Crippen LogP contribution >= 0.6 is 19.9 Å². The molecule has 0 heterocycles. The third-order valence-electron chi connectivity index (χ3n) is 1.04. The zero-order valence-corrected chi connectivity index (χ0v) is 12.7. The average Bonchev–Trinajstić information content (AvgIpc) is 1.89. The summed E-state index contributed by atoms with van der Waals surface area (Å²) in [5.41, 5.74) is 0. The van der Waals surface area contributed by atoms with Crippen molar-refractivity contribution in [3.05, 3.63) is 9.16 Å². The Morgan fingerprint density at radius 1 is 1.67 bits per heavy atom. The van der Waals surface area contributed by atoms with Gasteiger partial charge in [-0.1, -0.05) is 0 Å². The Bertz CT molecular complexity index is 91.1. The van der Waals surface area contributed by atoms with Crippen molar-refractivity contribution in [3.8, 4) is 0 Å². The molecule has 0 unspecified atom stereocenters. The Kier molecular flexibility index (Phi) is 8.39. The van der Waals surface area contributed by atoms with Crippen LogP contribution in [0.3, 0.4) is 0 Å². The van der Waals surface area contributed by atoms with Crippen LogP contribution in [-0.2, 0) is 23.3 Å². The van der Waals surface area contributed by atoms with Crippen molar-refractivity contribution in [1.29, 1.82) is 0 Å². The fourth-order valence-corrected chi connectivity index (χ4v) is 2.81. The predicted octanol–water partition coefficient (Wildman–Crippen LogP) is 3.15. The van der Waals surface area contributed by atoms with E-state index in [1.807, 2.05) is 0 Å². The summed E-state index contributed by atoms with van der Waals surface area (Å²) in [6, 6.07) is 0. The third-order valence-corrected chi connectivity index (χ3v) is 7.77. The van der Waals surface area contributed by atoms with E-state index in [0.717, 1.165) is 18.7 Å². The average molecular weight is 354 g/mol. The predicted molar refractivity (Wildman–Crippen MR) is 39.6 cm³/mol. The Morgan fingerprint density at radius 2 is 2.33 bits per heavy atom. The molecule has 0 aromatic rings. The Hall–Kier alpha value is 1.26. The van der Waals surface area contributed by atoms with E-state index in [-0.39, 0.29) is 0 Å². The molecule has 0 aromatic carbocycles. The number of unbranched alkanes of at least 4 members (excludes halogenated alkanes) is 1. The summed E-state index contributed by atoms with van der Waals surface area (Å²) in [5.74, 6) is 0.767. The molecule has 0 bridgehead atoms. The molecule has 0 nitrogen and oxygen atoms in total. The maximum absolute atomic E-state index is 5.75. The van der Waals surface area contributed by atoms with Gasteiger partial charge in [-0.3, -0.25) is 0 Å². The molecule has 0 radical (unpaired) electrons. The molecule has 0 aromatic heterocycles. The Balaban J connectivity index is 3.21. The minimum absolute atomic E-state index is 0.767. The van der Waals surface area contributed by atoms with Crippen molar-refractivity contribution in [2.75, 3.05) is 5.88 Å². The van der Waals surface area contributed by atoms with Crippen LogP contribution in [0.25, 0.3) is 0 Å². The normalized spacial score (nSPS) is 11.2. The second-order valence-corrected chi connectivity index (χ2v) is 10.1. The minimum atomic E-state index is -1.02. The first-order chi connectivity index (χ1) is 4.31. The van der Waals surface area contributed by atoms with E-state index in [4.69, 9.17) is 19.9 Å².